The number of hydrogen-bond acceptors (Lipinski definition) is 5. The Labute approximate surface area is 109 Å². The first-order valence-electron chi connectivity index (χ1n) is 5.50. The van der Waals surface area contributed by atoms with Crippen molar-refractivity contribution in [3.05, 3.63) is 34.2 Å². The van der Waals surface area contributed by atoms with E-state index >= 15 is 0 Å². The molecule has 1 atom stereocenters. The van der Waals surface area contributed by atoms with Gasteiger partial charge in [-0.2, -0.15) is 0 Å². The van der Waals surface area contributed by atoms with Crippen LogP contribution in [0.25, 0.3) is 0 Å². The van der Waals surface area contributed by atoms with Crippen LogP contribution in [-0.2, 0) is 0 Å². The summed E-state index contributed by atoms with van der Waals surface area (Å²) in [7, 11) is 0. The number of nitrogens with two attached hydrogens (primary N) is 3. The van der Waals surface area contributed by atoms with Crippen molar-refractivity contribution in [2.24, 2.45) is 17.3 Å². The van der Waals surface area contributed by atoms with E-state index in [0.29, 0.717) is 11.5 Å². The third kappa shape index (κ3) is 2.59. The lowest BCUT2D eigenvalue weighted by Crippen LogP contribution is -2.40. The average Bonchev–Trinajstić information content (AvgIpc) is 2.32. The Balaban J connectivity index is 2.31. The number of hydrogen-bond donors (Lipinski definition) is 3. The van der Waals surface area contributed by atoms with Crippen LogP contribution >= 0.6 is 15.9 Å². The lowest BCUT2D eigenvalue weighted by atomic mass is 9.97. The van der Waals surface area contributed by atoms with Crippen molar-refractivity contribution in [1.29, 1.82) is 0 Å². The first-order chi connectivity index (χ1) is 8.09. The van der Waals surface area contributed by atoms with Crippen molar-refractivity contribution in [3.8, 4) is 0 Å². The van der Waals surface area contributed by atoms with Gasteiger partial charge in [0, 0.05) is 22.4 Å². The van der Waals surface area contributed by atoms with Crippen molar-refractivity contribution in [3.63, 3.8) is 0 Å². The third-order valence-corrected chi connectivity index (χ3v) is 3.40. The number of nitrogens with zero attached hydrogens (tertiary/aromatic N) is 2. The van der Waals surface area contributed by atoms with Gasteiger partial charge in [0.25, 0.3) is 0 Å². The summed E-state index contributed by atoms with van der Waals surface area (Å²) in [6.45, 7) is 0. The van der Waals surface area contributed by atoms with E-state index in [1.807, 2.05) is 12.1 Å². The fraction of sp³-hybridized carbons (Fsp3) is 0.364. The third-order valence-electron chi connectivity index (χ3n) is 2.91. The topological polar surface area (TPSA) is 94.2 Å². The normalized spacial score (nSPS) is 20.5. The van der Waals surface area contributed by atoms with Gasteiger partial charge < -0.3 is 11.5 Å². The summed E-state index contributed by atoms with van der Waals surface area (Å²) in [5.74, 6) is 6.71. The summed E-state index contributed by atoms with van der Waals surface area (Å²) in [6, 6.07) is 3.60. The molecule has 17 heavy (non-hydrogen) atoms. The molecule has 0 amide bonds. The van der Waals surface area contributed by atoms with Crippen molar-refractivity contribution in [2.45, 2.75) is 25.3 Å². The zero-order chi connectivity index (χ0) is 12.4. The van der Waals surface area contributed by atoms with Gasteiger partial charge in [-0.05, 0) is 31.4 Å². The minimum Gasteiger partial charge on any atom is -0.399 e. The smallest absolute Gasteiger partial charge is 0.148 e. The number of anilines is 1. The molecule has 1 aliphatic rings. The van der Waals surface area contributed by atoms with E-state index in [1.54, 1.807) is 6.20 Å². The maximum absolute atomic E-state index is 6.05. The summed E-state index contributed by atoms with van der Waals surface area (Å²) in [5, 5.41) is 1.53. The quantitative estimate of drug-likeness (QED) is 0.563. The van der Waals surface area contributed by atoms with Crippen LogP contribution < -0.4 is 22.3 Å². The number of pyridine rings is 1. The van der Waals surface area contributed by atoms with Crippen LogP contribution in [0.5, 0.6) is 0 Å². The van der Waals surface area contributed by atoms with Gasteiger partial charge in [0.1, 0.15) is 5.82 Å². The lowest BCUT2D eigenvalue weighted by Gasteiger charge is -2.29. The molecule has 6 heteroatoms. The van der Waals surface area contributed by atoms with E-state index in [9.17, 15) is 0 Å². The zero-order valence-corrected chi connectivity index (χ0v) is 11.0. The van der Waals surface area contributed by atoms with Gasteiger partial charge in [-0.15, -0.1) is 0 Å². The summed E-state index contributed by atoms with van der Waals surface area (Å²) in [6.07, 6.45) is 4.44. The molecule has 0 bridgehead atoms. The average molecular weight is 298 g/mol. The Kier molecular flexibility index (Phi) is 3.66. The fourth-order valence-electron chi connectivity index (χ4n) is 1.93. The van der Waals surface area contributed by atoms with Crippen LogP contribution in [0.3, 0.4) is 0 Å². The molecule has 0 spiro atoms. The van der Waals surface area contributed by atoms with Gasteiger partial charge in [0.2, 0.25) is 0 Å². The number of rotatable bonds is 2. The molecule has 0 saturated carbocycles. The molecular weight excluding hydrogens is 282 g/mol. The molecule has 0 saturated heterocycles. The van der Waals surface area contributed by atoms with Crippen LogP contribution in [0.4, 0.5) is 5.82 Å². The molecule has 0 aromatic carbocycles. The Morgan fingerprint density at radius 1 is 1.47 bits per heavy atom. The molecule has 1 aromatic rings. The van der Waals surface area contributed by atoms with E-state index in [4.69, 9.17) is 17.3 Å². The van der Waals surface area contributed by atoms with E-state index in [1.165, 1.54) is 5.01 Å². The largest absolute Gasteiger partial charge is 0.399 e. The van der Waals surface area contributed by atoms with Gasteiger partial charge >= 0.3 is 0 Å². The highest BCUT2D eigenvalue weighted by Crippen LogP contribution is 2.26. The van der Waals surface area contributed by atoms with Crippen molar-refractivity contribution in [2.75, 3.05) is 5.01 Å². The van der Waals surface area contributed by atoms with E-state index < -0.39 is 0 Å². The summed E-state index contributed by atoms with van der Waals surface area (Å²) < 4.78 is 0.928. The predicted octanol–water partition coefficient (Wildman–Crippen LogP) is 1.21. The zero-order valence-electron chi connectivity index (χ0n) is 9.44. The van der Waals surface area contributed by atoms with E-state index in [-0.39, 0.29) is 6.04 Å². The second-order valence-corrected chi connectivity index (χ2v) is 5.02. The monoisotopic (exact) mass is 297 g/mol. The Bertz CT molecular complexity index is 445. The van der Waals surface area contributed by atoms with Crippen LogP contribution in [0.15, 0.2) is 34.2 Å². The molecule has 0 aliphatic heterocycles. The van der Waals surface area contributed by atoms with Gasteiger partial charge in [0.15, 0.2) is 0 Å². The van der Waals surface area contributed by atoms with Crippen LogP contribution in [0.1, 0.15) is 19.3 Å². The highest BCUT2D eigenvalue weighted by atomic mass is 79.9. The Hall–Kier alpha value is -1.11. The Morgan fingerprint density at radius 3 is 2.94 bits per heavy atom. The first kappa shape index (κ1) is 12.3. The van der Waals surface area contributed by atoms with Crippen LogP contribution in [-0.4, -0.2) is 11.0 Å². The lowest BCUT2D eigenvalue weighted by molar-refractivity contribution is 0.575. The van der Waals surface area contributed by atoms with E-state index in [0.717, 1.165) is 29.4 Å². The number of halogens is 1. The SMILES string of the molecule is NC1=C(N(N)c2cc(Br)ccn2)CCCC1N. The molecule has 1 aromatic heterocycles. The van der Waals surface area contributed by atoms with Crippen LogP contribution in [0, 0.1) is 0 Å². The summed E-state index contributed by atoms with van der Waals surface area (Å²) >= 11 is 3.39. The Morgan fingerprint density at radius 2 is 2.24 bits per heavy atom. The predicted molar refractivity (Wildman–Crippen MR) is 71.6 cm³/mol. The number of hydrazine groups is 1. The van der Waals surface area contributed by atoms with Crippen molar-refractivity contribution >= 4 is 21.7 Å². The molecule has 5 nitrogen and oxygen atoms in total. The maximum Gasteiger partial charge on any atom is 0.148 e. The van der Waals surface area contributed by atoms with Crippen LogP contribution in [0.2, 0.25) is 0 Å². The molecule has 0 radical (unpaired) electrons. The minimum atomic E-state index is -0.100. The molecule has 1 aliphatic carbocycles. The van der Waals surface area contributed by atoms with Crippen molar-refractivity contribution in [1.82, 2.24) is 4.98 Å². The number of allylic oxidation sites excluding steroid dienone is 1. The highest BCUT2D eigenvalue weighted by Gasteiger charge is 2.21. The highest BCUT2D eigenvalue weighted by molar-refractivity contribution is 9.10. The molecule has 1 unspecified atom stereocenters. The van der Waals surface area contributed by atoms with Gasteiger partial charge in [-0.25, -0.2) is 10.8 Å². The van der Waals surface area contributed by atoms with Gasteiger partial charge in [0.05, 0.1) is 5.70 Å². The molecular formula is C11H16BrN5. The summed E-state index contributed by atoms with van der Waals surface area (Å²) in [5.41, 5.74) is 13.4. The second kappa shape index (κ2) is 5.03. The molecule has 92 valence electrons. The van der Waals surface area contributed by atoms with Gasteiger partial charge in [-0.3, -0.25) is 5.01 Å². The summed E-state index contributed by atoms with van der Waals surface area (Å²) in [4.78, 5) is 4.21. The fourth-order valence-corrected chi connectivity index (χ4v) is 2.25. The standard InChI is InChI=1S/C11H16BrN5/c12-7-4-5-16-10(6-7)17(15)9-3-1-2-8(13)11(9)14/h4-6,8H,1-3,13-15H2. The second-order valence-electron chi connectivity index (χ2n) is 4.10. The van der Waals surface area contributed by atoms with Crippen molar-refractivity contribution < 1.29 is 0 Å². The molecule has 1 heterocycles. The molecule has 2 rings (SSSR count). The van der Waals surface area contributed by atoms with Gasteiger partial charge in [-0.1, -0.05) is 15.9 Å². The number of aromatic nitrogens is 1. The minimum absolute atomic E-state index is 0.100. The maximum atomic E-state index is 6.05. The first-order valence-corrected chi connectivity index (χ1v) is 6.29. The molecule has 0 fully saturated rings. The molecule has 6 N–H and O–H groups in total. The van der Waals surface area contributed by atoms with E-state index in [2.05, 4.69) is 20.9 Å².